The molecule has 0 atom stereocenters. The number of fused-ring (bicyclic) bond motifs is 1. The van der Waals surface area contributed by atoms with Crippen LogP contribution < -0.4 is 5.48 Å². The highest BCUT2D eigenvalue weighted by molar-refractivity contribution is 5.76. The topological polar surface area (TPSA) is 56.2 Å². The molecule has 18 heavy (non-hydrogen) atoms. The molecule has 1 aliphatic heterocycles. The molecule has 5 nitrogen and oxygen atoms in total. The molecular formula is C11H15F2N3O2. The van der Waals surface area contributed by atoms with Crippen LogP contribution in [-0.2, 0) is 29.0 Å². The largest absolute Gasteiger partial charge is 0.335 e. The van der Waals surface area contributed by atoms with Gasteiger partial charge in [0.05, 0.1) is 12.1 Å². The summed E-state index contributed by atoms with van der Waals surface area (Å²) in [6.45, 7) is 0.122. The Bertz CT molecular complexity index is 397. The van der Waals surface area contributed by atoms with Gasteiger partial charge in [0.2, 0.25) is 5.91 Å². The van der Waals surface area contributed by atoms with E-state index in [0.717, 1.165) is 31.6 Å². The summed E-state index contributed by atoms with van der Waals surface area (Å²) < 4.78 is 25.6. The second-order valence-electron chi connectivity index (χ2n) is 4.20. The first-order valence-electron chi connectivity index (χ1n) is 5.89. The number of aromatic nitrogens is 2. The molecule has 1 aromatic rings. The van der Waals surface area contributed by atoms with E-state index in [2.05, 4.69) is 9.82 Å². The highest BCUT2D eigenvalue weighted by atomic mass is 19.3. The lowest BCUT2D eigenvalue weighted by molar-refractivity contribution is -0.136. The summed E-state index contributed by atoms with van der Waals surface area (Å²) in [6.07, 6.45) is 2.44. The van der Waals surface area contributed by atoms with Gasteiger partial charge in [-0.25, -0.2) is 19.2 Å². The molecule has 0 fully saturated rings. The van der Waals surface area contributed by atoms with E-state index in [1.54, 1.807) is 0 Å². The fraction of sp³-hybridized carbons (Fsp3) is 0.636. The maximum absolute atomic E-state index is 11.8. The number of hydrogen-bond acceptors (Lipinski definition) is 3. The Balaban J connectivity index is 1.81. The van der Waals surface area contributed by atoms with Crippen LogP contribution in [0.2, 0.25) is 0 Å². The van der Waals surface area contributed by atoms with E-state index in [0.29, 0.717) is 5.69 Å². The monoisotopic (exact) mass is 259 g/mol. The Morgan fingerprint density at radius 2 is 2.39 bits per heavy atom. The summed E-state index contributed by atoms with van der Waals surface area (Å²) in [6, 6.07) is 0. The molecule has 1 amide bonds. The number of aryl methyl sites for hydroxylation is 2. The molecule has 0 unspecified atom stereocenters. The van der Waals surface area contributed by atoms with Crippen molar-refractivity contribution in [2.75, 3.05) is 6.61 Å². The summed E-state index contributed by atoms with van der Waals surface area (Å²) in [5.41, 5.74) is 2.62. The second kappa shape index (κ2) is 5.90. The zero-order valence-corrected chi connectivity index (χ0v) is 9.86. The van der Waals surface area contributed by atoms with Gasteiger partial charge in [-0.05, 0) is 12.8 Å². The van der Waals surface area contributed by atoms with E-state index >= 15 is 0 Å². The van der Waals surface area contributed by atoms with Crippen molar-refractivity contribution in [2.45, 2.75) is 38.7 Å². The Morgan fingerprint density at radius 3 is 3.11 bits per heavy atom. The van der Waals surface area contributed by atoms with Crippen molar-refractivity contribution < 1.29 is 18.4 Å². The van der Waals surface area contributed by atoms with Crippen molar-refractivity contribution in [3.05, 3.63) is 17.7 Å². The molecule has 100 valence electrons. The van der Waals surface area contributed by atoms with Crippen LogP contribution in [-0.4, -0.2) is 28.5 Å². The molecular weight excluding hydrogens is 244 g/mol. The molecule has 0 spiro atoms. The normalized spacial score (nSPS) is 14.6. The summed E-state index contributed by atoms with van der Waals surface area (Å²) in [7, 11) is 0. The van der Waals surface area contributed by atoms with Crippen molar-refractivity contribution in [1.82, 2.24) is 15.0 Å². The number of hydrogen-bond donors (Lipinski definition) is 1. The van der Waals surface area contributed by atoms with Crippen LogP contribution in [0.25, 0.3) is 0 Å². The third kappa shape index (κ3) is 3.49. The van der Waals surface area contributed by atoms with Crippen LogP contribution in [0, 0.1) is 0 Å². The van der Waals surface area contributed by atoms with Crippen molar-refractivity contribution in [2.24, 2.45) is 0 Å². The fourth-order valence-electron chi connectivity index (χ4n) is 1.94. The molecule has 0 saturated heterocycles. The Hall–Kier alpha value is -1.50. The van der Waals surface area contributed by atoms with Gasteiger partial charge in [0.25, 0.3) is 6.43 Å². The first kappa shape index (κ1) is 12.9. The number of nitrogens with zero attached hydrogens (tertiary/aromatic N) is 2. The van der Waals surface area contributed by atoms with Gasteiger partial charge in [-0.1, -0.05) is 0 Å². The van der Waals surface area contributed by atoms with Crippen molar-refractivity contribution in [1.29, 1.82) is 0 Å². The molecule has 1 aromatic heterocycles. The second-order valence-corrected chi connectivity index (χ2v) is 4.20. The molecule has 0 aromatic carbocycles. The molecule has 1 aliphatic rings. The predicted molar refractivity (Wildman–Crippen MR) is 59.0 cm³/mol. The van der Waals surface area contributed by atoms with Gasteiger partial charge in [-0.15, -0.1) is 0 Å². The lowest BCUT2D eigenvalue weighted by Gasteiger charge is -2.11. The van der Waals surface area contributed by atoms with E-state index in [1.807, 2.05) is 16.2 Å². The fourth-order valence-corrected chi connectivity index (χ4v) is 1.94. The number of halogens is 2. The van der Waals surface area contributed by atoms with Crippen LogP contribution in [0.3, 0.4) is 0 Å². The third-order valence-electron chi connectivity index (χ3n) is 2.70. The average Bonchev–Trinajstić information content (AvgIpc) is 2.70. The van der Waals surface area contributed by atoms with Gasteiger partial charge in [0, 0.05) is 19.2 Å². The quantitative estimate of drug-likeness (QED) is 0.805. The zero-order chi connectivity index (χ0) is 13.0. The van der Waals surface area contributed by atoms with Crippen molar-refractivity contribution in [3.8, 4) is 0 Å². The van der Waals surface area contributed by atoms with Gasteiger partial charge in [-0.2, -0.15) is 0 Å². The minimum atomic E-state index is -2.59. The summed E-state index contributed by atoms with van der Waals surface area (Å²) in [5.74, 6) is 0.517. The number of carbonyl (C=O) groups excluding carboxylic acids is 1. The van der Waals surface area contributed by atoms with Crippen LogP contribution in [0.15, 0.2) is 6.20 Å². The van der Waals surface area contributed by atoms with E-state index < -0.39 is 18.9 Å². The Kier molecular flexibility index (Phi) is 4.24. The SMILES string of the molecule is O=C(Cc1cn2c(n1)CCCC2)NOCC(F)F. The van der Waals surface area contributed by atoms with Crippen LogP contribution >= 0.6 is 0 Å². The molecule has 7 heteroatoms. The maximum atomic E-state index is 11.8. The summed E-state index contributed by atoms with van der Waals surface area (Å²) in [5, 5.41) is 0. The minimum absolute atomic E-state index is 0.0449. The molecule has 1 N–H and O–H groups in total. The van der Waals surface area contributed by atoms with E-state index in [4.69, 9.17) is 0 Å². The lowest BCUT2D eigenvalue weighted by Crippen LogP contribution is -2.27. The number of nitrogens with one attached hydrogen (secondary N) is 1. The molecule has 0 radical (unpaired) electrons. The van der Waals surface area contributed by atoms with Crippen molar-refractivity contribution >= 4 is 5.91 Å². The molecule has 0 aliphatic carbocycles. The first-order chi connectivity index (χ1) is 8.65. The van der Waals surface area contributed by atoms with Crippen LogP contribution in [0.4, 0.5) is 8.78 Å². The lowest BCUT2D eigenvalue weighted by atomic mass is 10.2. The van der Waals surface area contributed by atoms with E-state index in [1.165, 1.54) is 0 Å². The number of hydroxylamine groups is 1. The summed E-state index contributed by atoms with van der Waals surface area (Å²) in [4.78, 5) is 20.1. The maximum Gasteiger partial charge on any atom is 0.264 e. The van der Waals surface area contributed by atoms with Gasteiger partial charge in [0.1, 0.15) is 12.4 Å². The number of alkyl halides is 2. The van der Waals surface area contributed by atoms with Gasteiger partial charge < -0.3 is 4.57 Å². The smallest absolute Gasteiger partial charge is 0.264 e. The van der Waals surface area contributed by atoms with Gasteiger partial charge in [-0.3, -0.25) is 9.63 Å². The van der Waals surface area contributed by atoms with Gasteiger partial charge >= 0.3 is 0 Å². The highest BCUT2D eigenvalue weighted by Crippen LogP contribution is 2.14. The zero-order valence-electron chi connectivity index (χ0n) is 9.86. The molecule has 0 saturated carbocycles. The standard InChI is InChI=1S/C11H15F2N3O2/c12-9(13)7-18-15-11(17)5-8-6-16-4-2-1-3-10(16)14-8/h6,9H,1-5,7H2,(H,15,17). The average molecular weight is 259 g/mol. The number of amides is 1. The predicted octanol–water partition coefficient (Wildman–Crippen LogP) is 1.07. The minimum Gasteiger partial charge on any atom is -0.335 e. The Morgan fingerprint density at radius 1 is 1.56 bits per heavy atom. The number of rotatable bonds is 5. The summed E-state index contributed by atoms with van der Waals surface area (Å²) >= 11 is 0. The van der Waals surface area contributed by atoms with E-state index in [-0.39, 0.29) is 6.42 Å². The molecule has 0 bridgehead atoms. The number of imidazole rings is 1. The van der Waals surface area contributed by atoms with Crippen molar-refractivity contribution in [3.63, 3.8) is 0 Å². The molecule has 2 heterocycles. The highest BCUT2D eigenvalue weighted by Gasteiger charge is 2.14. The van der Waals surface area contributed by atoms with E-state index in [9.17, 15) is 13.6 Å². The van der Waals surface area contributed by atoms with Crippen LogP contribution in [0.5, 0.6) is 0 Å². The Labute approximate surface area is 103 Å². The number of carbonyl (C=O) groups is 1. The molecule has 2 rings (SSSR count). The first-order valence-corrected chi connectivity index (χ1v) is 5.89. The third-order valence-corrected chi connectivity index (χ3v) is 2.70. The van der Waals surface area contributed by atoms with Crippen LogP contribution in [0.1, 0.15) is 24.4 Å². The van der Waals surface area contributed by atoms with Gasteiger partial charge in [0.15, 0.2) is 0 Å².